The number of esters is 1. The Labute approximate surface area is 124 Å². The van der Waals surface area contributed by atoms with Crippen LogP contribution in [0.25, 0.3) is 0 Å². The van der Waals surface area contributed by atoms with Crippen molar-refractivity contribution in [3.8, 4) is 0 Å². The number of hydrogen-bond donors (Lipinski definition) is 0. The molecule has 0 fully saturated rings. The van der Waals surface area contributed by atoms with Crippen LogP contribution in [0.3, 0.4) is 0 Å². The Bertz CT molecular complexity index is 569. The number of benzene rings is 1. The average Bonchev–Trinajstić information content (AvgIpc) is 2.55. The summed E-state index contributed by atoms with van der Waals surface area (Å²) in [5.41, 5.74) is 2.67. The fourth-order valence-corrected chi connectivity index (χ4v) is 2.07. The van der Waals surface area contributed by atoms with Gasteiger partial charge in [0.05, 0.1) is 19.3 Å². The number of aromatic nitrogens is 1. The normalized spacial score (nSPS) is 10.3. The van der Waals surface area contributed by atoms with Gasteiger partial charge in [0, 0.05) is 19.0 Å². The zero-order chi connectivity index (χ0) is 14.9. The lowest BCUT2D eigenvalue weighted by atomic mass is 10.1. The summed E-state index contributed by atoms with van der Waals surface area (Å²) in [5.74, 6) is -0.328. The molecule has 2 aromatic rings. The molecule has 2 rings (SSSR count). The molecule has 1 heterocycles. The average molecular weight is 285 g/mol. The van der Waals surface area contributed by atoms with Gasteiger partial charge < -0.3 is 9.47 Å². The zero-order valence-electron chi connectivity index (χ0n) is 12.1. The monoisotopic (exact) mass is 285 g/mol. The molecule has 0 radical (unpaired) electrons. The maximum atomic E-state index is 11.6. The second-order valence-electron chi connectivity index (χ2n) is 4.66. The summed E-state index contributed by atoms with van der Waals surface area (Å²) in [6.45, 7) is 1.07. The predicted molar refractivity (Wildman–Crippen MR) is 80.0 cm³/mol. The lowest BCUT2D eigenvalue weighted by Crippen LogP contribution is -2.07. The molecule has 0 aliphatic heterocycles. The molecule has 0 aliphatic rings. The van der Waals surface area contributed by atoms with Crippen molar-refractivity contribution in [2.24, 2.45) is 0 Å². The van der Waals surface area contributed by atoms with E-state index in [0.29, 0.717) is 18.8 Å². The van der Waals surface area contributed by atoms with Gasteiger partial charge in [-0.3, -0.25) is 4.98 Å². The van der Waals surface area contributed by atoms with Gasteiger partial charge in [-0.05, 0) is 42.2 Å². The van der Waals surface area contributed by atoms with Crippen LogP contribution < -0.4 is 0 Å². The van der Waals surface area contributed by atoms with E-state index in [9.17, 15) is 4.79 Å². The second-order valence-corrected chi connectivity index (χ2v) is 4.66. The Kier molecular flexibility index (Phi) is 5.91. The van der Waals surface area contributed by atoms with Gasteiger partial charge in [-0.1, -0.05) is 18.2 Å². The number of methoxy groups -OCH3 is 1. The van der Waals surface area contributed by atoms with Crippen molar-refractivity contribution >= 4 is 5.97 Å². The Hall–Kier alpha value is -2.20. The van der Waals surface area contributed by atoms with Crippen LogP contribution in [0.15, 0.2) is 48.8 Å². The number of carbonyl (C=O) groups excluding carboxylic acids is 1. The summed E-state index contributed by atoms with van der Waals surface area (Å²) in [5, 5.41) is 0. The highest BCUT2D eigenvalue weighted by Crippen LogP contribution is 2.12. The molecule has 1 aromatic heterocycles. The standard InChI is InChI=1S/C17H19NO3/c1-20-17(19)16-7-3-2-6-15(16)13-21-12-4-5-14-8-10-18-11-9-14/h2-3,6-11H,4-5,12-13H2,1H3. The zero-order valence-corrected chi connectivity index (χ0v) is 12.1. The Balaban J connectivity index is 1.77. The summed E-state index contributed by atoms with van der Waals surface area (Å²) < 4.78 is 10.4. The molecule has 0 atom stereocenters. The SMILES string of the molecule is COC(=O)c1ccccc1COCCCc1ccncc1. The summed E-state index contributed by atoms with van der Waals surface area (Å²) in [4.78, 5) is 15.6. The molecule has 0 saturated heterocycles. The first-order valence-electron chi connectivity index (χ1n) is 6.94. The van der Waals surface area contributed by atoms with Gasteiger partial charge in [0.15, 0.2) is 0 Å². The molecular weight excluding hydrogens is 266 g/mol. The van der Waals surface area contributed by atoms with Crippen molar-refractivity contribution < 1.29 is 14.3 Å². The largest absolute Gasteiger partial charge is 0.465 e. The molecule has 4 heteroatoms. The van der Waals surface area contributed by atoms with Gasteiger partial charge >= 0.3 is 5.97 Å². The van der Waals surface area contributed by atoms with Crippen molar-refractivity contribution in [1.82, 2.24) is 4.98 Å². The molecule has 0 saturated carbocycles. The van der Waals surface area contributed by atoms with Gasteiger partial charge in [-0.25, -0.2) is 4.79 Å². The number of aryl methyl sites for hydroxylation is 1. The van der Waals surface area contributed by atoms with E-state index in [1.54, 1.807) is 18.5 Å². The minimum absolute atomic E-state index is 0.328. The van der Waals surface area contributed by atoms with E-state index in [0.717, 1.165) is 18.4 Å². The minimum atomic E-state index is -0.328. The number of hydrogen-bond acceptors (Lipinski definition) is 4. The van der Waals surface area contributed by atoms with E-state index in [1.807, 2.05) is 30.3 Å². The molecule has 110 valence electrons. The first-order valence-corrected chi connectivity index (χ1v) is 6.94. The van der Waals surface area contributed by atoms with E-state index in [1.165, 1.54) is 12.7 Å². The van der Waals surface area contributed by atoms with Gasteiger partial charge in [0.1, 0.15) is 0 Å². The molecule has 0 spiro atoms. The van der Waals surface area contributed by atoms with Crippen LogP contribution in [-0.4, -0.2) is 24.7 Å². The van der Waals surface area contributed by atoms with Gasteiger partial charge in [0.25, 0.3) is 0 Å². The molecule has 21 heavy (non-hydrogen) atoms. The molecule has 0 aliphatic carbocycles. The topological polar surface area (TPSA) is 48.4 Å². The van der Waals surface area contributed by atoms with Crippen LogP contribution in [0.2, 0.25) is 0 Å². The second kappa shape index (κ2) is 8.17. The van der Waals surface area contributed by atoms with Crippen molar-refractivity contribution in [3.63, 3.8) is 0 Å². The first kappa shape index (κ1) is 15.2. The maximum absolute atomic E-state index is 11.6. The van der Waals surface area contributed by atoms with Crippen LogP contribution >= 0.6 is 0 Å². The third-order valence-corrected chi connectivity index (χ3v) is 3.18. The summed E-state index contributed by atoms with van der Waals surface area (Å²) in [6.07, 6.45) is 5.48. The number of pyridine rings is 1. The Morgan fingerprint density at radius 3 is 2.67 bits per heavy atom. The van der Waals surface area contributed by atoms with Crippen molar-refractivity contribution in [3.05, 3.63) is 65.5 Å². The fourth-order valence-electron chi connectivity index (χ4n) is 2.07. The molecular formula is C17H19NO3. The maximum Gasteiger partial charge on any atom is 0.338 e. The third-order valence-electron chi connectivity index (χ3n) is 3.18. The Morgan fingerprint density at radius 1 is 1.14 bits per heavy atom. The van der Waals surface area contributed by atoms with Crippen LogP contribution in [0.5, 0.6) is 0 Å². The number of carbonyl (C=O) groups is 1. The van der Waals surface area contributed by atoms with E-state index in [2.05, 4.69) is 4.98 Å². The number of ether oxygens (including phenoxy) is 2. The molecule has 0 bridgehead atoms. The van der Waals surface area contributed by atoms with Gasteiger partial charge in [0.2, 0.25) is 0 Å². The van der Waals surface area contributed by atoms with Crippen molar-refractivity contribution in [1.29, 1.82) is 0 Å². The lowest BCUT2D eigenvalue weighted by Gasteiger charge is -2.08. The van der Waals surface area contributed by atoms with Gasteiger partial charge in [-0.2, -0.15) is 0 Å². The van der Waals surface area contributed by atoms with Gasteiger partial charge in [-0.15, -0.1) is 0 Å². The third kappa shape index (κ3) is 4.68. The smallest absolute Gasteiger partial charge is 0.338 e. The van der Waals surface area contributed by atoms with Crippen LogP contribution in [0.1, 0.15) is 27.9 Å². The quantitative estimate of drug-likeness (QED) is 0.579. The predicted octanol–water partition coefficient (Wildman–Crippen LogP) is 3.02. The van der Waals surface area contributed by atoms with E-state index < -0.39 is 0 Å². The highest BCUT2D eigenvalue weighted by molar-refractivity contribution is 5.90. The Morgan fingerprint density at radius 2 is 1.90 bits per heavy atom. The summed E-state index contributed by atoms with van der Waals surface area (Å²) >= 11 is 0. The number of nitrogens with zero attached hydrogens (tertiary/aromatic N) is 1. The van der Waals surface area contributed by atoms with E-state index in [4.69, 9.17) is 9.47 Å². The fraction of sp³-hybridized carbons (Fsp3) is 0.294. The van der Waals surface area contributed by atoms with Crippen LogP contribution in [0, 0.1) is 0 Å². The number of rotatable bonds is 7. The van der Waals surface area contributed by atoms with Crippen molar-refractivity contribution in [2.45, 2.75) is 19.4 Å². The first-order chi connectivity index (χ1) is 10.3. The van der Waals surface area contributed by atoms with Crippen LogP contribution in [0.4, 0.5) is 0 Å². The molecule has 4 nitrogen and oxygen atoms in total. The lowest BCUT2D eigenvalue weighted by molar-refractivity contribution is 0.0592. The van der Waals surface area contributed by atoms with Crippen molar-refractivity contribution in [2.75, 3.05) is 13.7 Å². The highest BCUT2D eigenvalue weighted by Gasteiger charge is 2.10. The molecule has 0 N–H and O–H groups in total. The highest BCUT2D eigenvalue weighted by atomic mass is 16.5. The molecule has 0 amide bonds. The summed E-state index contributed by atoms with van der Waals surface area (Å²) in [6, 6.07) is 11.4. The van der Waals surface area contributed by atoms with E-state index >= 15 is 0 Å². The van der Waals surface area contributed by atoms with E-state index in [-0.39, 0.29) is 5.97 Å². The molecule has 0 unspecified atom stereocenters. The summed E-state index contributed by atoms with van der Waals surface area (Å²) in [7, 11) is 1.38. The molecule has 1 aromatic carbocycles. The minimum Gasteiger partial charge on any atom is -0.465 e. The van der Waals surface area contributed by atoms with Crippen LogP contribution in [-0.2, 0) is 22.5 Å².